The minimum atomic E-state index is -1.08. The third-order valence-corrected chi connectivity index (χ3v) is 2.86. The summed E-state index contributed by atoms with van der Waals surface area (Å²) in [6, 6.07) is -1.51. The number of carboxylic acids is 1. The summed E-state index contributed by atoms with van der Waals surface area (Å²) in [6.45, 7) is -0.114. The molecule has 3 N–H and O–H groups in total. The molecule has 0 aromatic heterocycles. The van der Waals surface area contributed by atoms with Crippen molar-refractivity contribution < 1.29 is 19.5 Å². The van der Waals surface area contributed by atoms with E-state index in [1.54, 1.807) is 0 Å². The van der Waals surface area contributed by atoms with E-state index >= 15 is 0 Å². The molecule has 1 unspecified atom stereocenters. The molecule has 8 heteroatoms. The Hall–Kier alpha value is -1.44. The molecule has 0 spiro atoms. The summed E-state index contributed by atoms with van der Waals surface area (Å²) in [5.74, 6) is -0.759. The van der Waals surface area contributed by atoms with Gasteiger partial charge in [-0.25, -0.2) is 9.59 Å². The Morgan fingerprint density at radius 1 is 1.39 bits per heavy atom. The topological polar surface area (TPSA) is 98.7 Å². The first-order valence-corrected chi connectivity index (χ1v) is 6.75. The van der Waals surface area contributed by atoms with Crippen LogP contribution < -0.4 is 10.6 Å². The van der Waals surface area contributed by atoms with Crippen LogP contribution in [0.15, 0.2) is 0 Å². The Bertz CT molecular complexity index is 311. The lowest BCUT2D eigenvalue weighted by Crippen LogP contribution is -2.49. The van der Waals surface area contributed by atoms with Crippen LogP contribution in [0.3, 0.4) is 0 Å². The molecule has 1 atom stereocenters. The predicted octanol–water partition coefficient (Wildman–Crippen LogP) is -0.420. The molecule has 3 amide bonds. The third-order valence-electron chi connectivity index (χ3n) is 2.21. The van der Waals surface area contributed by atoms with E-state index in [0.29, 0.717) is 12.2 Å². The van der Waals surface area contributed by atoms with Crippen LogP contribution >= 0.6 is 11.8 Å². The highest BCUT2D eigenvalue weighted by Gasteiger charge is 2.21. The highest BCUT2D eigenvalue weighted by Crippen LogP contribution is 2.01. The molecule has 0 aliphatic rings. The zero-order valence-corrected chi connectivity index (χ0v) is 11.5. The van der Waals surface area contributed by atoms with Gasteiger partial charge in [0.15, 0.2) is 0 Å². The molecular weight excluding hydrogens is 258 g/mol. The van der Waals surface area contributed by atoms with Crippen molar-refractivity contribution in [3.63, 3.8) is 0 Å². The minimum Gasteiger partial charge on any atom is -0.480 e. The van der Waals surface area contributed by atoms with Gasteiger partial charge in [0.2, 0.25) is 5.91 Å². The Morgan fingerprint density at radius 3 is 2.44 bits per heavy atom. The van der Waals surface area contributed by atoms with E-state index in [1.807, 2.05) is 6.26 Å². The average molecular weight is 277 g/mol. The molecule has 0 aromatic rings. The lowest BCUT2D eigenvalue weighted by atomic mass is 10.2. The van der Waals surface area contributed by atoms with Crippen LogP contribution in [0.25, 0.3) is 0 Å². The number of carbonyl (C=O) groups excluding carboxylic acids is 2. The van der Waals surface area contributed by atoms with Crippen molar-refractivity contribution in [3.8, 4) is 0 Å². The molecule has 0 saturated carbocycles. The molecule has 0 fully saturated rings. The Labute approximate surface area is 110 Å². The number of amides is 3. The fourth-order valence-electron chi connectivity index (χ4n) is 1.12. The number of thioether (sulfide) groups is 1. The standard InChI is InChI=1S/C10H19N3O4S/c1-11-8(14)6-13(2)10(17)12-7(9(15)16)4-5-18-3/h7H,4-6H2,1-3H3,(H,11,14)(H,12,17)(H,15,16). The molecule has 0 saturated heterocycles. The van der Waals surface area contributed by atoms with Gasteiger partial charge in [0, 0.05) is 14.1 Å². The maximum Gasteiger partial charge on any atom is 0.326 e. The van der Waals surface area contributed by atoms with Crippen molar-refractivity contribution in [1.82, 2.24) is 15.5 Å². The van der Waals surface area contributed by atoms with Gasteiger partial charge >= 0.3 is 12.0 Å². The maximum absolute atomic E-state index is 11.6. The first kappa shape index (κ1) is 16.6. The van der Waals surface area contributed by atoms with Crippen molar-refractivity contribution >= 4 is 29.7 Å². The summed E-state index contributed by atoms with van der Waals surface area (Å²) in [5, 5.41) is 13.7. The summed E-state index contributed by atoms with van der Waals surface area (Å²) in [7, 11) is 2.89. The van der Waals surface area contributed by atoms with Gasteiger partial charge in [-0.05, 0) is 18.4 Å². The Morgan fingerprint density at radius 2 is 2.00 bits per heavy atom. The Kier molecular flexibility index (Phi) is 7.93. The quantitative estimate of drug-likeness (QED) is 0.587. The van der Waals surface area contributed by atoms with E-state index in [0.717, 1.165) is 4.90 Å². The molecule has 0 heterocycles. The summed E-state index contributed by atoms with van der Waals surface area (Å²) < 4.78 is 0. The van der Waals surface area contributed by atoms with Gasteiger partial charge in [0.1, 0.15) is 12.6 Å². The second-order valence-electron chi connectivity index (χ2n) is 3.65. The lowest BCUT2D eigenvalue weighted by molar-refractivity contribution is -0.139. The van der Waals surface area contributed by atoms with Crippen molar-refractivity contribution in [3.05, 3.63) is 0 Å². The predicted molar refractivity (Wildman–Crippen MR) is 69.7 cm³/mol. The SMILES string of the molecule is CNC(=O)CN(C)C(=O)NC(CCSC)C(=O)O. The van der Waals surface area contributed by atoms with E-state index in [2.05, 4.69) is 10.6 Å². The Balaban J connectivity index is 4.31. The zero-order valence-electron chi connectivity index (χ0n) is 10.7. The van der Waals surface area contributed by atoms with E-state index in [-0.39, 0.29) is 12.5 Å². The molecule has 18 heavy (non-hydrogen) atoms. The maximum atomic E-state index is 11.6. The van der Waals surface area contributed by atoms with Gasteiger partial charge in [-0.2, -0.15) is 11.8 Å². The summed E-state index contributed by atoms with van der Waals surface area (Å²) >= 11 is 1.50. The molecule has 0 rings (SSSR count). The fourth-order valence-corrected chi connectivity index (χ4v) is 1.59. The monoisotopic (exact) mass is 277 g/mol. The molecule has 0 bridgehead atoms. The number of aliphatic carboxylic acids is 1. The van der Waals surface area contributed by atoms with Gasteiger partial charge in [0.05, 0.1) is 0 Å². The van der Waals surface area contributed by atoms with Crippen LogP contribution in [0, 0.1) is 0 Å². The molecule has 0 aliphatic carbocycles. The van der Waals surface area contributed by atoms with Crippen molar-refractivity contribution in [2.45, 2.75) is 12.5 Å². The van der Waals surface area contributed by atoms with Gasteiger partial charge in [-0.1, -0.05) is 0 Å². The highest BCUT2D eigenvalue weighted by molar-refractivity contribution is 7.98. The van der Waals surface area contributed by atoms with Crippen LogP contribution in [0.1, 0.15) is 6.42 Å². The number of carbonyl (C=O) groups is 3. The zero-order chi connectivity index (χ0) is 14.1. The molecule has 0 radical (unpaired) electrons. The largest absolute Gasteiger partial charge is 0.480 e. The number of nitrogens with zero attached hydrogens (tertiary/aromatic N) is 1. The van der Waals surface area contributed by atoms with E-state index < -0.39 is 18.0 Å². The molecule has 104 valence electrons. The molecule has 0 aromatic carbocycles. The van der Waals surface area contributed by atoms with Crippen LogP contribution in [-0.4, -0.2) is 66.6 Å². The first-order chi connectivity index (χ1) is 8.42. The second kappa shape index (κ2) is 8.62. The van der Waals surface area contributed by atoms with Crippen LogP contribution in [-0.2, 0) is 9.59 Å². The second-order valence-corrected chi connectivity index (χ2v) is 4.64. The summed E-state index contributed by atoms with van der Waals surface area (Å²) in [5.41, 5.74) is 0. The van der Waals surface area contributed by atoms with Gasteiger partial charge < -0.3 is 20.6 Å². The number of urea groups is 1. The first-order valence-electron chi connectivity index (χ1n) is 5.36. The van der Waals surface area contributed by atoms with Crippen LogP contribution in [0.5, 0.6) is 0 Å². The summed E-state index contributed by atoms with van der Waals surface area (Å²) in [6.07, 6.45) is 2.20. The summed E-state index contributed by atoms with van der Waals surface area (Å²) in [4.78, 5) is 34.8. The van der Waals surface area contributed by atoms with Crippen LogP contribution in [0.4, 0.5) is 4.79 Å². The number of likely N-dealkylation sites (N-methyl/N-ethyl adjacent to an activating group) is 2. The lowest BCUT2D eigenvalue weighted by Gasteiger charge is -2.20. The third kappa shape index (κ3) is 6.33. The van der Waals surface area contributed by atoms with Crippen molar-refractivity contribution in [1.29, 1.82) is 0 Å². The van der Waals surface area contributed by atoms with E-state index in [9.17, 15) is 14.4 Å². The minimum absolute atomic E-state index is 0.114. The van der Waals surface area contributed by atoms with Crippen LogP contribution in [0.2, 0.25) is 0 Å². The normalized spacial score (nSPS) is 11.5. The number of rotatable bonds is 7. The average Bonchev–Trinajstić information content (AvgIpc) is 2.33. The molecule has 7 nitrogen and oxygen atoms in total. The molecular formula is C10H19N3O4S. The number of nitrogens with one attached hydrogen (secondary N) is 2. The highest BCUT2D eigenvalue weighted by atomic mass is 32.2. The van der Waals surface area contributed by atoms with E-state index in [4.69, 9.17) is 5.11 Å². The van der Waals surface area contributed by atoms with Gasteiger partial charge in [-0.3, -0.25) is 4.79 Å². The van der Waals surface area contributed by atoms with E-state index in [1.165, 1.54) is 25.9 Å². The number of hydrogen-bond acceptors (Lipinski definition) is 4. The fraction of sp³-hybridized carbons (Fsp3) is 0.700. The molecule has 0 aliphatic heterocycles. The van der Waals surface area contributed by atoms with Crippen molar-refractivity contribution in [2.24, 2.45) is 0 Å². The van der Waals surface area contributed by atoms with Gasteiger partial charge in [0.25, 0.3) is 0 Å². The van der Waals surface area contributed by atoms with Gasteiger partial charge in [-0.15, -0.1) is 0 Å². The number of hydrogen-bond donors (Lipinski definition) is 3. The van der Waals surface area contributed by atoms with Crippen molar-refractivity contribution in [2.75, 3.05) is 32.6 Å². The number of carboxylic acid groups (broad SMARTS) is 1. The smallest absolute Gasteiger partial charge is 0.326 e.